The largest absolute Gasteiger partial charge is 0.206 e. The molecule has 1 heteroatoms. The molecule has 0 unspecified atom stereocenters. The molecule has 0 nitrogen and oxygen atoms in total. The summed E-state index contributed by atoms with van der Waals surface area (Å²) in [6.45, 7) is 4.26. The van der Waals surface area contributed by atoms with E-state index in [1.54, 1.807) is 6.07 Å². The van der Waals surface area contributed by atoms with Crippen LogP contribution in [-0.4, -0.2) is 0 Å². The normalized spacial score (nSPS) is 12.7. The maximum absolute atomic E-state index is 14.4. The van der Waals surface area contributed by atoms with E-state index in [9.17, 15) is 4.39 Å². The zero-order valence-electron chi connectivity index (χ0n) is 17.3. The van der Waals surface area contributed by atoms with Crippen LogP contribution in [0.5, 0.6) is 0 Å². The van der Waals surface area contributed by atoms with E-state index in [1.807, 2.05) is 37.3 Å². The van der Waals surface area contributed by atoms with Crippen molar-refractivity contribution in [1.29, 1.82) is 0 Å². The second-order valence-corrected chi connectivity index (χ2v) is 7.55. The number of hydrogen-bond acceptors (Lipinski definition) is 0. The van der Waals surface area contributed by atoms with Crippen LogP contribution >= 0.6 is 0 Å². The summed E-state index contributed by atoms with van der Waals surface area (Å²) in [5.41, 5.74) is 5.42. The van der Waals surface area contributed by atoms with Gasteiger partial charge in [0.1, 0.15) is 5.82 Å². The van der Waals surface area contributed by atoms with Gasteiger partial charge in [0.15, 0.2) is 0 Å². The van der Waals surface area contributed by atoms with Gasteiger partial charge in [0, 0.05) is 5.56 Å². The van der Waals surface area contributed by atoms with Gasteiger partial charge in [-0.1, -0.05) is 98.0 Å². The molecular weight excluding hydrogens is 355 g/mol. The molecule has 29 heavy (non-hydrogen) atoms. The van der Waals surface area contributed by atoms with Crippen molar-refractivity contribution in [2.75, 3.05) is 0 Å². The van der Waals surface area contributed by atoms with E-state index in [0.717, 1.165) is 30.4 Å². The third-order valence-electron chi connectivity index (χ3n) is 5.25. The molecule has 0 saturated carbocycles. The van der Waals surface area contributed by atoms with Crippen LogP contribution < -0.4 is 0 Å². The first-order chi connectivity index (χ1) is 14.2. The average Bonchev–Trinajstić information content (AvgIpc) is 2.75. The van der Waals surface area contributed by atoms with E-state index in [-0.39, 0.29) is 5.82 Å². The highest BCUT2D eigenvalue weighted by Crippen LogP contribution is 2.21. The molecule has 0 spiro atoms. The average molecular weight is 385 g/mol. The lowest BCUT2D eigenvalue weighted by Gasteiger charge is -2.12. The van der Waals surface area contributed by atoms with Crippen molar-refractivity contribution in [3.63, 3.8) is 0 Å². The summed E-state index contributed by atoms with van der Waals surface area (Å²) in [4.78, 5) is 0. The van der Waals surface area contributed by atoms with Gasteiger partial charge in [-0.2, -0.15) is 0 Å². The molecule has 0 heterocycles. The van der Waals surface area contributed by atoms with E-state index >= 15 is 0 Å². The number of benzene rings is 3. The van der Waals surface area contributed by atoms with Gasteiger partial charge in [-0.3, -0.25) is 0 Å². The standard InChI is InChI=1S/C28H29F/c1-3-4-6-9-24-17-19-27(28(29)21-24)18-16-23-12-14-25(15-13-23)20-22(2)26-10-7-5-8-11-26/h3-5,7-8,10-19,21-22H,6,9,20H2,1-2H3/b4-3+,18-16?/t22-/m1/s1. The molecule has 0 amide bonds. The molecule has 0 N–H and O–H groups in total. The predicted molar refractivity (Wildman–Crippen MR) is 123 cm³/mol. The van der Waals surface area contributed by atoms with Gasteiger partial charge in [-0.25, -0.2) is 4.39 Å². The zero-order valence-corrected chi connectivity index (χ0v) is 17.3. The lowest BCUT2D eigenvalue weighted by atomic mass is 9.93. The molecule has 0 aromatic heterocycles. The summed E-state index contributed by atoms with van der Waals surface area (Å²) >= 11 is 0. The molecule has 3 aromatic carbocycles. The SMILES string of the molecule is C/C=C/CCc1ccc(C=Cc2ccc(C[C@@H](C)c3ccccc3)cc2)c(F)c1. The first-order valence-electron chi connectivity index (χ1n) is 10.4. The summed E-state index contributed by atoms with van der Waals surface area (Å²) in [5.74, 6) is 0.325. The quantitative estimate of drug-likeness (QED) is 0.274. The van der Waals surface area contributed by atoms with Gasteiger partial charge in [0.25, 0.3) is 0 Å². The van der Waals surface area contributed by atoms with Crippen LogP contribution in [0.25, 0.3) is 12.2 Å². The monoisotopic (exact) mass is 384 g/mol. The molecule has 0 saturated heterocycles. The van der Waals surface area contributed by atoms with Crippen molar-refractivity contribution < 1.29 is 4.39 Å². The minimum absolute atomic E-state index is 0.160. The minimum Gasteiger partial charge on any atom is -0.206 e. The number of aryl methyl sites for hydroxylation is 1. The maximum atomic E-state index is 14.4. The fourth-order valence-corrected chi connectivity index (χ4v) is 3.48. The molecule has 0 aliphatic carbocycles. The van der Waals surface area contributed by atoms with Gasteiger partial charge in [-0.05, 0) is 60.4 Å². The highest BCUT2D eigenvalue weighted by molar-refractivity contribution is 5.70. The molecule has 0 radical (unpaired) electrons. The van der Waals surface area contributed by atoms with Crippen LogP contribution in [0.2, 0.25) is 0 Å². The summed E-state index contributed by atoms with van der Waals surface area (Å²) < 4.78 is 14.4. The number of allylic oxidation sites excluding steroid dienone is 2. The zero-order chi connectivity index (χ0) is 20.5. The maximum Gasteiger partial charge on any atom is 0.130 e. The van der Waals surface area contributed by atoms with E-state index < -0.39 is 0 Å². The third-order valence-corrected chi connectivity index (χ3v) is 5.25. The van der Waals surface area contributed by atoms with Crippen molar-refractivity contribution >= 4 is 12.2 Å². The van der Waals surface area contributed by atoms with Crippen LogP contribution in [0, 0.1) is 5.82 Å². The molecule has 3 rings (SSSR count). The van der Waals surface area contributed by atoms with E-state index in [1.165, 1.54) is 11.1 Å². The van der Waals surface area contributed by atoms with Gasteiger partial charge in [0.2, 0.25) is 0 Å². The summed E-state index contributed by atoms with van der Waals surface area (Å²) in [6.07, 6.45) is 10.8. The Labute approximate surface area is 174 Å². The van der Waals surface area contributed by atoms with Gasteiger partial charge in [-0.15, -0.1) is 0 Å². The summed E-state index contributed by atoms with van der Waals surface area (Å²) in [6, 6.07) is 24.7. The Morgan fingerprint density at radius 1 is 0.862 bits per heavy atom. The Morgan fingerprint density at radius 3 is 2.28 bits per heavy atom. The van der Waals surface area contributed by atoms with Gasteiger partial charge >= 0.3 is 0 Å². The van der Waals surface area contributed by atoms with Gasteiger partial charge < -0.3 is 0 Å². The first kappa shape index (κ1) is 20.8. The topological polar surface area (TPSA) is 0 Å². The highest BCUT2D eigenvalue weighted by Gasteiger charge is 2.06. The highest BCUT2D eigenvalue weighted by atomic mass is 19.1. The Kier molecular flexibility index (Phi) is 7.58. The molecule has 0 bridgehead atoms. The summed E-state index contributed by atoms with van der Waals surface area (Å²) in [5, 5.41) is 0. The number of hydrogen-bond donors (Lipinski definition) is 0. The molecule has 0 aliphatic heterocycles. The lowest BCUT2D eigenvalue weighted by molar-refractivity contribution is 0.622. The smallest absolute Gasteiger partial charge is 0.130 e. The second-order valence-electron chi connectivity index (χ2n) is 7.55. The van der Waals surface area contributed by atoms with E-state index in [2.05, 4.69) is 67.6 Å². The third kappa shape index (κ3) is 6.29. The fraction of sp³-hybridized carbons (Fsp3) is 0.214. The Morgan fingerprint density at radius 2 is 1.59 bits per heavy atom. The Balaban J connectivity index is 1.61. The Hall–Kier alpha value is -2.93. The van der Waals surface area contributed by atoms with Crippen LogP contribution in [0.1, 0.15) is 54.0 Å². The second kappa shape index (κ2) is 10.6. The molecule has 148 valence electrons. The molecule has 1 atom stereocenters. The van der Waals surface area contributed by atoms with Crippen LogP contribution in [0.3, 0.4) is 0 Å². The fourth-order valence-electron chi connectivity index (χ4n) is 3.48. The molecule has 0 aliphatic rings. The van der Waals surface area contributed by atoms with Crippen LogP contribution in [-0.2, 0) is 12.8 Å². The van der Waals surface area contributed by atoms with Crippen molar-refractivity contribution in [2.45, 2.75) is 39.0 Å². The molecule has 3 aromatic rings. The van der Waals surface area contributed by atoms with E-state index in [4.69, 9.17) is 0 Å². The predicted octanol–water partition coefficient (Wildman–Crippen LogP) is 7.85. The summed E-state index contributed by atoms with van der Waals surface area (Å²) in [7, 11) is 0. The van der Waals surface area contributed by atoms with Crippen molar-refractivity contribution in [3.05, 3.63) is 119 Å². The Bertz CT molecular complexity index is 949. The number of halogens is 1. The first-order valence-corrected chi connectivity index (χ1v) is 10.4. The van der Waals surface area contributed by atoms with Gasteiger partial charge in [0.05, 0.1) is 0 Å². The molecule has 0 fully saturated rings. The van der Waals surface area contributed by atoms with E-state index in [0.29, 0.717) is 11.5 Å². The number of rotatable bonds is 8. The van der Waals surface area contributed by atoms with Crippen molar-refractivity contribution in [3.8, 4) is 0 Å². The van der Waals surface area contributed by atoms with Crippen LogP contribution in [0.4, 0.5) is 4.39 Å². The lowest BCUT2D eigenvalue weighted by Crippen LogP contribution is -1.98. The van der Waals surface area contributed by atoms with Crippen LogP contribution in [0.15, 0.2) is 84.9 Å². The van der Waals surface area contributed by atoms with Crippen molar-refractivity contribution in [1.82, 2.24) is 0 Å². The molecular formula is C28H29F. The van der Waals surface area contributed by atoms with Crippen molar-refractivity contribution in [2.24, 2.45) is 0 Å². The minimum atomic E-state index is -0.160.